The molecule has 1 rings (SSSR count). The second kappa shape index (κ2) is 12.9. The Labute approximate surface area is 91.3 Å². The van der Waals surface area contributed by atoms with Gasteiger partial charge in [0.2, 0.25) is 0 Å². The van der Waals surface area contributed by atoms with E-state index in [1.165, 1.54) is 39.1 Å². The predicted octanol–water partition coefficient (Wildman–Crippen LogP) is 2.70. The fraction of sp³-hybridized carbons (Fsp3) is 1.00. The summed E-state index contributed by atoms with van der Waals surface area (Å²) >= 11 is 0. The molecule has 0 amide bonds. The Morgan fingerprint density at radius 2 is 1.29 bits per heavy atom. The Hall–Kier alpha value is -0.0800. The number of nitrogens with zero attached hydrogens (tertiary/aromatic N) is 2. The van der Waals surface area contributed by atoms with Crippen LogP contribution in [0.5, 0.6) is 0 Å². The van der Waals surface area contributed by atoms with E-state index in [0.29, 0.717) is 0 Å². The van der Waals surface area contributed by atoms with Crippen molar-refractivity contribution < 1.29 is 0 Å². The zero-order chi connectivity index (χ0) is 11.4. The van der Waals surface area contributed by atoms with E-state index in [1.807, 2.05) is 27.7 Å². The SMILES string of the molecule is CC.CC.CCCN1CCN(C)CC1. The molecule has 2 heteroatoms. The van der Waals surface area contributed by atoms with Crippen LogP contribution in [0.3, 0.4) is 0 Å². The lowest BCUT2D eigenvalue weighted by molar-refractivity contribution is 0.154. The topological polar surface area (TPSA) is 6.48 Å². The summed E-state index contributed by atoms with van der Waals surface area (Å²) in [5.41, 5.74) is 0. The minimum absolute atomic E-state index is 1.25. The van der Waals surface area contributed by atoms with Gasteiger partial charge in [0.05, 0.1) is 0 Å². The molecule has 0 aliphatic carbocycles. The molecule has 0 atom stereocenters. The van der Waals surface area contributed by atoms with Gasteiger partial charge in [-0.3, -0.25) is 0 Å². The molecule has 1 aliphatic heterocycles. The standard InChI is InChI=1S/C8H18N2.2C2H6/c1-3-4-10-7-5-9(2)6-8-10;2*1-2/h3-8H2,1-2H3;2*1-2H3. The summed E-state index contributed by atoms with van der Waals surface area (Å²) < 4.78 is 0. The summed E-state index contributed by atoms with van der Waals surface area (Å²) in [5.74, 6) is 0. The Kier molecular flexibility index (Phi) is 15.1. The highest BCUT2D eigenvalue weighted by Gasteiger charge is 2.11. The summed E-state index contributed by atoms with van der Waals surface area (Å²) in [7, 11) is 2.20. The van der Waals surface area contributed by atoms with Crippen LogP contribution in [0.4, 0.5) is 0 Å². The third-order valence-corrected chi connectivity index (χ3v) is 2.14. The van der Waals surface area contributed by atoms with Crippen LogP contribution in [0.15, 0.2) is 0 Å². The second-order valence-electron chi connectivity index (χ2n) is 3.14. The Morgan fingerprint density at radius 1 is 0.857 bits per heavy atom. The molecule has 0 bridgehead atoms. The summed E-state index contributed by atoms with van der Waals surface area (Å²) in [5, 5.41) is 0. The number of rotatable bonds is 2. The first-order chi connectivity index (χ1) is 6.83. The monoisotopic (exact) mass is 202 g/mol. The van der Waals surface area contributed by atoms with Crippen LogP contribution in [0.1, 0.15) is 41.0 Å². The van der Waals surface area contributed by atoms with E-state index in [4.69, 9.17) is 0 Å². The second-order valence-corrected chi connectivity index (χ2v) is 3.14. The average Bonchev–Trinajstić information content (AvgIpc) is 2.28. The van der Waals surface area contributed by atoms with E-state index in [2.05, 4.69) is 23.8 Å². The van der Waals surface area contributed by atoms with Gasteiger partial charge in [0, 0.05) is 26.2 Å². The van der Waals surface area contributed by atoms with Crippen LogP contribution in [-0.2, 0) is 0 Å². The molecule has 0 aromatic carbocycles. The van der Waals surface area contributed by atoms with E-state index < -0.39 is 0 Å². The summed E-state index contributed by atoms with van der Waals surface area (Å²) in [6, 6.07) is 0. The molecule has 2 nitrogen and oxygen atoms in total. The Balaban J connectivity index is 0. The number of piperazine rings is 1. The minimum atomic E-state index is 1.25. The lowest BCUT2D eigenvalue weighted by Crippen LogP contribution is -2.44. The van der Waals surface area contributed by atoms with Gasteiger partial charge in [-0.05, 0) is 20.0 Å². The third kappa shape index (κ3) is 8.52. The van der Waals surface area contributed by atoms with Crippen LogP contribution < -0.4 is 0 Å². The molecule has 14 heavy (non-hydrogen) atoms. The molecule has 0 aromatic heterocycles. The molecule has 0 radical (unpaired) electrons. The van der Waals surface area contributed by atoms with Crippen LogP contribution in [0, 0.1) is 0 Å². The molecule has 88 valence electrons. The smallest absolute Gasteiger partial charge is 0.0110 e. The normalized spacial score (nSPS) is 17.6. The van der Waals surface area contributed by atoms with Crippen molar-refractivity contribution in [1.29, 1.82) is 0 Å². The highest BCUT2D eigenvalue weighted by Crippen LogP contribution is 1.98. The van der Waals surface area contributed by atoms with Crippen LogP contribution in [0.2, 0.25) is 0 Å². The van der Waals surface area contributed by atoms with Crippen molar-refractivity contribution in [3.63, 3.8) is 0 Å². The first-order valence-corrected chi connectivity index (χ1v) is 6.24. The highest BCUT2D eigenvalue weighted by atomic mass is 15.2. The van der Waals surface area contributed by atoms with Gasteiger partial charge in [0.15, 0.2) is 0 Å². The molecule has 0 saturated carbocycles. The van der Waals surface area contributed by atoms with Gasteiger partial charge in [-0.25, -0.2) is 0 Å². The zero-order valence-electron chi connectivity index (χ0n) is 11.1. The van der Waals surface area contributed by atoms with Crippen molar-refractivity contribution in [2.75, 3.05) is 39.8 Å². The lowest BCUT2D eigenvalue weighted by atomic mass is 10.3. The predicted molar refractivity (Wildman–Crippen MR) is 66.9 cm³/mol. The Bertz CT molecular complexity index is 86.3. The van der Waals surface area contributed by atoms with Crippen molar-refractivity contribution in [2.45, 2.75) is 41.0 Å². The number of hydrogen-bond donors (Lipinski definition) is 0. The van der Waals surface area contributed by atoms with E-state index in [0.717, 1.165) is 0 Å². The van der Waals surface area contributed by atoms with Gasteiger partial charge in [-0.2, -0.15) is 0 Å². The summed E-state index contributed by atoms with van der Waals surface area (Å²) in [4.78, 5) is 4.94. The van der Waals surface area contributed by atoms with Gasteiger partial charge in [-0.15, -0.1) is 0 Å². The lowest BCUT2D eigenvalue weighted by Gasteiger charge is -2.31. The minimum Gasteiger partial charge on any atom is -0.304 e. The molecule has 0 aromatic rings. The summed E-state index contributed by atoms with van der Waals surface area (Å²) in [6.45, 7) is 16.6. The average molecular weight is 202 g/mol. The van der Waals surface area contributed by atoms with Crippen LogP contribution in [0.25, 0.3) is 0 Å². The summed E-state index contributed by atoms with van der Waals surface area (Å²) in [6.07, 6.45) is 1.30. The van der Waals surface area contributed by atoms with Crippen molar-refractivity contribution in [2.24, 2.45) is 0 Å². The molecule has 0 N–H and O–H groups in total. The van der Waals surface area contributed by atoms with Crippen molar-refractivity contribution >= 4 is 0 Å². The molecule has 1 saturated heterocycles. The molecule has 0 spiro atoms. The van der Waals surface area contributed by atoms with Crippen LogP contribution >= 0.6 is 0 Å². The first-order valence-electron chi connectivity index (χ1n) is 6.24. The maximum absolute atomic E-state index is 2.54. The molecule has 1 aliphatic rings. The molecule has 1 heterocycles. The van der Waals surface area contributed by atoms with Crippen molar-refractivity contribution in [3.05, 3.63) is 0 Å². The van der Waals surface area contributed by atoms with Crippen molar-refractivity contribution in [3.8, 4) is 0 Å². The fourth-order valence-corrected chi connectivity index (χ4v) is 1.39. The zero-order valence-corrected chi connectivity index (χ0v) is 11.1. The quantitative estimate of drug-likeness (QED) is 0.679. The van der Waals surface area contributed by atoms with Crippen molar-refractivity contribution in [1.82, 2.24) is 9.80 Å². The van der Waals surface area contributed by atoms with E-state index in [9.17, 15) is 0 Å². The third-order valence-electron chi connectivity index (χ3n) is 2.14. The van der Waals surface area contributed by atoms with Gasteiger partial charge < -0.3 is 9.80 Å². The highest BCUT2D eigenvalue weighted by molar-refractivity contribution is 4.67. The van der Waals surface area contributed by atoms with Gasteiger partial charge in [0.1, 0.15) is 0 Å². The maximum Gasteiger partial charge on any atom is 0.0110 e. The van der Waals surface area contributed by atoms with E-state index in [-0.39, 0.29) is 0 Å². The first kappa shape index (κ1) is 16.4. The maximum atomic E-state index is 2.54. The number of hydrogen-bond acceptors (Lipinski definition) is 2. The molecule has 1 fully saturated rings. The van der Waals surface area contributed by atoms with E-state index >= 15 is 0 Å². The number of likely N-dealkylation sites (N-methyl/N-ethyl adjacent to an activating group) is 1. The fourth-order valence-electron chi connectivity index (χ4n) is 1.39. The Morgan fingerprint density at radius 3 is 1.64 bits per heavy atom. The molecular formula is C12H30N2. The molecular weight excluding hydrogens is 172 g/mol. The van der Waals surface area contributed by atoms with E-state index in [1.54, 1.807) is 0 Å². The molecule has 0 unspecified atom stereocenters. The van der Waals surface area contributed by atoms with Gasteiger partial charge >= 0.3 is 0 Å². The van der Waals surface area contributed by atoms with Crippen LogP contribution in [-0.4, -0.2) is 49.6 Å². The van der Waals surface area contributed by atoms with Gasteiger partial charge in [0.25, 0.3) is 0 Å². The largest absolute Gasteiger partial charge is 0.304 e. The van der Waals surface area contributed by atoms with Gasteiger partial charge in [-0.1, -0.05) is 34.6 Å².